The maximum absolute atomic E-state index is 3.43. The number of hydrogen-bond donors (Lipinski definition) is 1. The van der Waals surface area contributed by atoms with Crippen molar-refractivity contribution in [3.05, 3.63) is 65.2 Å². The zero-order valence-electron chi connectivity index (χ0n) is 13.4. The Kier molecular flexibility index (Phi) is 5.89. The van der Waals surface area contributed by atoms with Crippen molar-refractivity contribution in [1.29, 1.82) is 0 Å². The lowest BCUT2D eigenvalue weighted by molar-refractivity contribution is 0.591. The summed E-state index contributed by atoms with van der Waals surface area (Å²) in [5, 5.41) is 3.43. The van der Waals surface area contributed by atoms with Crippen LogP contribution in [0.1, 0.15) is 42.5 Å². The first-order chi connectivity index (χ1) is 10.1. The van der Waals surface area contributed by atoms with E-state index in [2.05, 4.69) is 74.0 Å². The van der Waals surface area contributed by atoms with Gasteiger partial charge in [-0.2, -0.15) is 0 Å². The van der Waals surface area contributed by atoms with Gasteiger partial charge in [0, 0.05) is 10.9 Å². The lowest BCUT2D eigenvalue weighted by Gasteiger charge is -2.17. The Morgan fingerprint density at radius 1 is 0.905 bits per heavy atom. The third-order valence-electron chi connectivity index (χ3n) is 3.95. The van der Waals surface area contributed by atoms with Crippen molar-refractivity contribution >= 4 is 11.8 Å². The van der Waals surface area contributed by atoms with Gasteiger partial charge in [-0.25, -0.2) is 0 Å². The molecule has 0 saturated carbocycles. The highest BCUT2D eigenvalue weighted by Gasteiger charge is 2.10. The largest absolute Gasteiger partial charge is 0.313 e. The van der Waals surface area contributed by atoms with E-state index in [-0.39, 0.29) is 0 Å². The van der Waals surface area contributed by atoms with Crippen LogP contribution in [0.3, 0.4) is 0 Å². The Hall–Kier alpha value is -1.25. The number of rotatable bonds is 6. The summed E-state index contributed by atoms with van der Waals surface area (Å²) in [5.41, 5.74) is 4.14. The molecule has 1 unspecified atom stereocenters. The number of thioether (sulfide) groups is 1. The van der Waals surface area contributed by atoms with Crippen molar-refractivity contribution in [1.82, 2.24) is 5.32 Å². The van der Waals surface area contributed by atoms with E-state index in [1.165, 1.54) is 21.6 Å². The van der Waals surface area contributed by atoms with Crippen molar-refractivity contribution in [2.45, 2.75) is 37.1 Å². The van der Waals surface area contributed by atoms with E-state index in [1.807, 2.05) is 7.05 Å². The van der Waals surface area contributed by atoms with Crippen molar-refractivity contribution in [2.24, 2.45) is 0 Å². The highest BCUT2D eigenvalue weighted by molar-refractivity contribution is 7.98. The van der Waals surface area contributed by atoms with E-state index in [0.717, 1.165) is 6.42 Å². The van der Waals surface area contributed by atoms with E-state index in [1.54, 1.807) is 11.8 Å². The molecule has 0 aliphatic heterocycles. The van der Waals surface area contributed by atoms with E-state index in [0.29, 0.717) is 12.0 Å². The van der Waals surface area contributed by atoms with Crippen molar-refractivity contribution < 1.29 is 0 Å². The maximum atomic E-state index is 3.43. The molecule has 1 nitrogen and oxygen atoms in total. The average Bonchev–Trinajstić information content (AvgIpc) is 2.53. The molecule has 0 aromatic heterocycles. The van der Waals surface area contributed by atoms with Crippen LogP contribution in [0.5, 0.6) is 0 Å². The van der Waals surface area contributed by atoms with Gasteiger partial charge in [0.1, 0.15) is 0 Å². The molecule has 112 valence electrons. The standard InChI is InChI=1S/C19H25NS/c1-14(2)16-7-5-15(6-8-16)13-19(20-3)17-9-11-18(21-4)12-10-17/h5-12,14,19-20H,13H2,1-4H3. The summed E-state index contributed by atoms with van der Waals surface area (Å²) in [6, 6.07) is 18.3. The van der Waals surface area contributed by atoms with Crippen molar-refractivity contribution in [2.75, 3.05) is 13.3 Å². The van der Waals surface area contributed by atoms with Crippen LogP contribution in [0.15, 0.2) is 53.4 Å². The van der Waals surface area contributed by atoms with Crippen LogP contribution in [0.25, 0.3) is 0 Å². The monoisotopic (exact) mass is 299 g/mol. The summed E-state index contributed by atoms with van der Waals surface area (Å²) in [6.07, 6.45) is 3.13. The van der Waals surface area contributed by atoms with Gasteiger partial charge in [0.2, 0.25) is 0 Å². The molecule has 2 rings (SSSR count). The Morgan fingerprint density at radius 3 is 1.95 bits per heavy atom. The van der Waals surface area contributed by atoms with Crippen LogP contribution in [0.2, 0.25) is 0 Å². The van der Waals surface area contributed by atoms with Gasteiger partial charge < -0.3 is 5.32 Å². The predicted octanol–water partition coefficient (Wildman–Crippen LogP) is 5.04. The fourth-order valence-corrected chi connectivity index (χ4v) is 2.91. The Labute approximate surface area is 133 Å². The van der Waals surface area contributed by atoms with Crippen molar-refractivity contribution in [3.63, 3.8) is 0 Å². The minimum absolute atomic E-state index is 0.366. The van der Waals surface area contributed by atoms with Crippen LogP contribution in [-0.2, 0) is 6.42 Å². The summed E-state index contributed by atoms with van der Waals surface area (Å²) < 4.78 is 0. The fraction of sp³-hybridized carbons (Fsp3) is 0.368. The van der Waals surface area contributed by atoms with E-state index in [9.17, 15) is 0 Å². The number of hydrogen-bond acceptors (Lipinski definition) is 2. The molecule has 2 aromatic rings. The molecular formula is C19H25NS. The van der Waals surface area contributed by atoms with Gasteiger partial charge in [-0.05, 0) is 54.5 Å². The third-order valence-corrected chi connectivity index (χ3v) is 4.70. The highest BCUT2D eigenvalue weighted by Crippen LogP contribution is 2.23. The Bertz CT molecular complexity index is 543. The van der Waals surface area contributed by atoms with E-state index in [4.69, 9.17) is 0 Å². The highest BCUT2D eigenvalue weighted by atomic mass is 32.2. The van der Waals surface area contributed by atoms with E-state index >= 15 is 0 Å². The van der Waals surface area contributed by atoms with Crippen LogP contribution >= 0.6 is 11.8 Å². The third kappa shape index (κ3) is 4.36. The van der Waals surface area contributed by atoms with E-state index < -0.39 is 0 Å². The van der Waals surface area contributed by atoms with Gasteiger partial charge in [-0.3, -0.25) is 0 Å². The number of benzene rings is 2. The second-order valence-corrected chi connectivity index (χ2v) is 6.59. The van der Waals surface area contributed by atoms with Crippen LogP contribution in [-0.4, -0.2) is 13.3 Å². The molecule has 0 fully saturated rings. The summed E-state index contributed by atoms with van der Waals surface area (Å²) in [7, 11) is 2.04. The maximum Gasteiger partial charge on any atom is 0.0358 e. The topological polar surface area (TPSA) is 12.0 Å². The molecule has 0 heterocycles. The molecule has 21 heavy (non-hydrogen) atoms. The molecule has 1 atom stereocenters. The summed E-state index contributed by atoms with van der Waals surface area (Å²) in [5.74, 6) is 0.596. The average molecular weight is 299 g/mol. The molecular weight excluding hydrogens is 274 g/mol. The first-order valence-corrected chi connectivity index (χ1v) is 8.76. The zero-order chi connectivity index (χ0) is 15.2. The minimum atomic E-state index is 0.366. The molecule has 2 aromatic carbocycles. The molecule has 0 aliphatic carbocycles. The quantitative estimate of drug-likeness (QED) is 0.750. The van der Waals surface area contributed by atoms with Gasteiger partial charge in [0.15, 0.2) is 0 Å². The predicted molar refractivity (Wildman–Crippen MR) is 94.3 cm³/mol. The summed E-state index contributed by atoms with van der Waals surface area (Å²) in [6.45, 7) is 4.47. The van der Waals surface area contributed by atoms with Gasteiger partial charge in [-0.15, -0.1) is 11.8 Å². The molecule has 0 aliphatic rings. The molecule has 0 radical (unpaired) electrons. The van der Waals surface area contributed by atoms with Gasteiger partial charge in [-0.1, -0.05) is 50.2 Å². The molecule has 0 bridgehead atoms. The van der Waals surface area contributed by atoms with Gasteiger partial charge in [0.25, 0.3) is 0 Å². The lowest BCUT2D eigenvalue weighted by Crippen LogP contribution is -2.18. The second kappa shape index (κ2) is 7.67. The molecule has 0 amide bonds. The van der Waals surface area contributed by atoms with Crippen LogP contribution < -0.4 is 5.32 Å². The minimum Gasteiger partial charge on any atom is -0.313 e. The molecule has 1 N–H and O–H groups in total. The first-order valence-electron chi connectivity index (χ1n) is 7.54. The van der Waals surface area contributed by atoms with Gasteiger partial charge in [0.05, 0.1) is 0 Å². The normalized spacial score (nSPS) is 12.6. The molecule has 0 spiro atoms. The van der Waals surface area contributed by atoms with Crippen LogP contribution in [0, 0.1) is 0 Å². The Balaban J connectivity index is 2.10. The van der Waals surface area contributed by atoms with Gasteiger partial charge >= 0.3 is 0 Å². The number of likely N-dealkylation sites (N-methyl/N-ethyl adjacent to an activating group) is 1. The Morgan fingerprint density at radius 2 is 1.48 bits per heavy atom. The second-order valence-electron chi connectivity index (χ2n) is 5.71. The first kappa shape index (κ1) is 16.1. The summed E-state index contributed by atoms with van der Waals surface area (Å²) >= 11 is 1.78. The molecule has 2 heteroatoms. The zero-order valence-corrected chi connectivity index (χ0v) is 14.2. The lowest BCUT2D eigenvalue weighted by atomic mass is 9.96. The SMILES string of the molecule is CNC(Cc1ccc(C(C)C)cc1)c1ccc(SC)cc1. The van der Waals surface area contributed by atoms with Crippen LogP contribution in [0.4, 0.5) is 0 Å². The smallest absolute Gasteiger partial charge is 0.0358 e. The van der Waals surface area contributed by atoms with Crippen molar-refractivity contribution in [3.8, 4) is 0 Å². The molecule has 0 saturated heterocycles. The fourth-order valence-electron chi connectivity index (χ4n) is 2.50. The summed E-state index contributed by atoms with van der Waals surface area (Å²) in [4.78, 5) is 1.31. The number of nitrogens with one attached hydrogen (secondary N) is 1.